The highest BCUT2D eigenvalue weighted by Gasteiger charge is 2.51. The monoisotopic (exact) mass is 496 g/mol. The first-order valence-electron chi connectivity index (χ1n) is 12.2. The Kier molecular flexibility index (Phi) is 6.29. The molecule has 7 nitrogen and oxygen atoms in total. The average Bonchev–Trinajstić information content (AvgIpc) is 3.64. The van der Waals surface area contributed by atoms with Crippen molar-refractivity contribution in [2.45, 2.75) is 45.1 Å². The summed E-state index contributed by atoms with van der Waals surface area (Å²) in [5.41, 5.74) is 5.86. The molecule has 0 bridgehead atoms. The van der Waals surface area contributed by atoms with Crippen LogP contribution in [0.5, 0.6) is 0 Å². The molecule has 1 fully saturated rings. The molecular weight excluding hydrogens is 468 g/mol. The molecule has 1 aromatic heterocycles. The fourth-order valence-corrected chi connectivity index (χ4v) is 4.55. The number of carboxylic acid groups (broad SMARTS) is 1. The van der Waals surface area contributed by atoms with Crippen LogP contribution in [0.25, 0.3) is 22.4 Å². The number of anilines is 1. The maximum atomic E-state index is 12.7. The Morgan fingerprint density at radius 3 is 2.19 bits per heavy atom. The lowest BCUT2D eigenvalue weighted by Gasteiger charge is -2.15. The highest BCUT2D eigenvalue weighted by atomic mass is 16.6. The number of hydrogen-bond donors (Lipinski definition) is 2. The molecule has 1 amide bonds. The van der Waals surface area contributed by atoms with Crippen molar-refractivity contribution in [2.24, 2.45) is 0 Å². The van der Waals surface area contributed by atoms with Crippen LogP contribution >= 0.6 is 0 Å². The lowest BCUT2D eigenvalue weighted by atomic mass is 9.93. The molecule has 0 saturated heterocycles. The predicted octanol–water partition coefficient (Wildman–Crippen LogP) is 7.05. The van der Waals surface area contributed by atoms with Crippen molar-refractivity contribution in [3.05, 3.63) is 95.2 Å². The minimum Gasteiger partial charge on any atom is -0.481 e. The molecule has 0 spiro atoms. The van der Waals surface area contributed by atoms with Crippen molar-refractivity contribution in [1.82, 2.24) is 5.16 Å². The van der Waals surface area contributed by atoms with E-state index < -0.39 is 23.6 Å². The highest BCUT2D eigenvalue weighted by molar-refractivity contribution is 5.91. The van der Waals surface area contributed by atoms with Crippen LogP contribution in [0, 0.1) is 13.8 Å². The lowest BCUT2D eigenvalue weighted by Crippen LogP contribution is -2.19. The van der Waals surface area contributed by atoms with Gasteiger partial charge in [-0.1, -0.05) is 83.5 Å². The predicted molar refractivity (Wildman–Crippen MR) is 140 cm³/mol. The minimum absolute atomic E-state index is 0.417. The zero-order chi connectivity index (χ0) is 26.2. The molecule has 37 heavy (non-hydrogen) atoms. The summed E-state index contributed by atoms with van der Waals surface area (Å²) in [7, 11) is 0. The number of nitrogens with zero attached hydrogens (tertiary/aromatic N) is 1. The van der Waals surface area contributed by atoms with Crippen molar-refractivity contribution >= 4 is 17.7 Å². The second-order valence-corrected chi connectivity index (χ2v) is 9.59. The maximum absolute atomic E-state index is 12.7. The molecule has 7 heteroatoms. The molecule has 1 atom stereocenters. The van der Waals surface area contributed by atoms with Gasteiger partial charge < -0.3 is 14.4 Å². The van der Waals surface area contributed by atoms with Gasteiger partial charge >= 0.3 is 12.1 Å². The average molecular weight is 497 g/mol. The molecule has 1 unspecified atom stereocenters. The van der Waals surface area contributed by atoms with Crippen LogP contribution in [-0.4, -0.2) is 22.3 Å². The Balaban J connectivity index is 1.30. The second-order valence-electron chi connectivity index (χ2n) is 9.59. The van der Waals surface area contributed by atoms with E-state index in [1.807, 2.05) is 86.6 Å². The minimum atomic E-state index is -0.759. The number of carboxylic acids is 1. The Hall–Kier alpha value is -4.39. The molecule has 2 N–H and O–H groups in total. The quantitative estimate of drug-likeness (QED) is 0.284. The molecule has 0 aliphatic heterocycles. The number of nitrogens with one attached hydrogen (secondary N) is 1. The lowest BCUT2D eigenvalue weighted by molar-refractivity contribution is -0.140. The van der Waals surface area contributed by atoms with E-state index in [-0.39, 0.29) is 0 Å². The highest BCUT2D eigenvalue weighted by Crippen LogP contribution is 2.48. The van der Waals surface area contributed by atoms with Crippen LogP contribution in [0.1, 0.15) is 48.3 Å². The molecule has 1 aliphatic carbocycles. The maximum Gasteiger partial charge on any atom is 0.412 e. The zero-order valence-electron chi connectivity index (χ0n) is 20.9. The molecular formula is C30H28N2O5. The van der Waals surface area contributed by atoms with E-state index in [9.17, 15) is 14.7 Å². The number of carbonyl (C=O) groups excluding carboxylic acids is 1. The van der Waals surface area contributed by atoms with E-state index >= 15 is 0 Å². The van der Waals surface area contributed by atoms with Gasteiger partial charge in [0.15, 0.2) is 5.76 Å². The van der Waals surface area contributed by atoms with Gasteiger partial charge in [0, 0.05) is 5.56 Å². The van der Waals surface area contributed by atoms with Crippen LogP contribution in [-0.2, 0) is 14.9 Å². The molecule has 4 aromatic rings. The van der Waals surface area contributed by atoms with Crippen molar-refractivity contribution < 1.29 is 24.0 Å². The zero-order valence-corrected chi connectivity index (χ0v) is 20.9. The summed E-state index contributed by atoms with van der Waals surface area (Å²) in [6, 6.07) is 23.3. The summed E-state index contributed by atoms with van der Waals surface area (Å²) < 4.78 is 11.0. The van der Waals surface area contributed by atoms with Gasteiger partial charge in [0.2, 0.25) is 0 Å². The van der Waals surface area contributed by atoms with Crippen molar-refractivity contribution in [2.75, 3.05) is 5.32 Å². The molecule has 0 radical (unpaired) electrons. The Morgan fingerprint density at radius 1 is 0.973 bits per heavy atom. The Bertz CT molecular complexity index is 1450. The first kappa shape index (κ1) is 24.3. The van der Waals surface area contributed by atoms with Crippen molar-refractivity contribution in [3.63, 3.8) is 0 Å². The summed E-state index contributed by atoms with van der Waals surface area (Å²) in [5.74, 6) is -0.285. The summed E-state index contributed by atoms with van der Waals surface area (Å²) in [6.07, 6.45) is 0.359. The summed E-state index contributed by atoms with van der Waals surface area (Å²) >= 11 is 0. The summed E-state index contributed by atoms with van der Waals surface area (Å²) in [4.78, 5) is 24.2. The van der Waals surface area contributed by atoms with Gasteiger partial charge in [-0.25, -0.2) is 4.79 Å². The smallest absolute Gasteiger partial charge is 0.412 e. The van der Waals surface area contributed by atoms with Gasteiger partial charge in [-0.2, -0.15) is 0 Å². The summed E-state index contributed by atoms with van der Waals surface area (Å²) in [6.45, 7) is 5.55. The van der Waals surface area contributed by atoms with Crippen LogP contribution in [0.4, 0.5) is 10.5 Å². The number of ether oxygens (including phenoxy) is 1. The first-order chi connectivity index (χ1) is 17.8. The van der Waals surface area contributed by atoms with Gasteiger partial charge in [0.05, 0.1) is 5.41 Å². The fourth-order valence-electron chi connectivity index (χ4n) is 4.55. The van der Waals surface area contributed by atoms with Gasteiger partial charge in [-0.05, 0) is 55.9 Å². The number of aromatic nitrogens is 1. The van der Waals surface area contributed by atoms with E-state index in [1.165, 1.54) is 0 Å². The topological polar surface area (TPSA) is 102 Å². The number of aliphatic carboxylic acids is 1. The normalized spacial score (nSPS) is 14.6. The van der Waals surface area contributed by atoms with Gasteiger partial charge in [-0.15, -0.1) is 0 Å². The molecule has 1 saturated carbocycles. The van der Waals surface area contributed by atoms with E-state index in [0.29, 0.717) is 30.0 Å². The molecule has 3 aromatic carbocycles. The van der Waals surface area contributed by atoms with Gasteiger partial charge in [0.1, 0.15) is 17.5 Å². The van der Waals surface area contributed by atoms with Crippen LogP contribution in [0.3, 0.4) is 0 Å². The van der Waals surface area contributed by atoms with Crippen LogP contribution in [0.15, 0.2) is 77.3 Å². The van der Waals surface area contributed by atoms with E-state index in [2.05, 4.69) is 10.5 Å². The third kappa shape index (κ3) is 4.85. The number of amides is 1. The summed E-state index contributed by atoms with van der Waals surface area (Å²) in [5, 5.41) is 16.5. The Morgan fingerprint density at radius 2 is 1.59 bits per heavy atom. The van der Waals surface area contributed by atoms with E-state index in [1.54, 1.807) is 6.92 Å². The number of hydrogen-bond acceptors (Lipinski definition) is 5. The molecule has 1 heterocycles. The number of rotatable bonds is 7. The van der Waals surface area contributed by atoms with Crippen LogP contribution < -0.4 is 5.32 Å². The van der Waals surface area contributed by atoms with Crippen LogP contribution in [0.2, 0.25) is 0 Å². The SMILES string of the molecule is Cc1cccc(C(C)OC(=O)Nc2c(-c3ccc(-c4ccc(C5(C(=O)O)CC5)cc4)cc3)noc2C)c1. The fraction of sp³-hybridized carbons (Fsp3) is 0.233. The number of benzene rings is 3. The third-order valence-electron chi connectivity index (χ3n) is 6.97. The molecule has 5 rings (SSSR count). The van der Waals surface area contributed by atoms with Crippen molar-refractivity contribution in [3.8, 4) is 22.4 Å². The second kappa shape index (κ2) is 9.58. The van der Waals surface area contributed by atoms with E-state index in [0.717, 1.165) is 33.4 Å². The third-order valence-corrected chi connectivity index (χ3v) is 6.97. The largest absolute Gasteiger partial charge is 0.481 e. The standard InChI is InChI=1S/C30H28N2O5/c1-18-5-4-6-24(17-18)19(2)36-29(35)31-26-20(3)37-32-27(26)23-9-7-21(8-10-23)22-11-13-25(14-12-22)30(15-16-30)28(33)34/h4-14,17,19H,15-16H2,1-3H3,(H,31,35)(H,33,34). The van der Waals surface area contributed by atoms with Crippen molar-refractivity contribution in [1.29, 1.82) is 0 Å². The van der Waals surface area contributed by atoms with Gasteiger partial charge in [0.25, 0.3) is 0 Å². The first-order valence-corrected chi connectivity index (χ1v) is 12.2. The molecule has 188 valence electrons. The Labute approximate surface area is 215 Å². The molecule has 1 aliphatic rings. The number of carbonyl (C=O) groups is 2. The van der Waals surface area contributed by atoms with Gasteiger partial charge in [-0.3, -0.25) is 10.1 Å². The van der Waals surface area contributed by atoms with E-state index in [4.69, 9.17) is 9.26 Å². The number of aryl methyl sites for hydroxylation is 2.